The van der Waals surface area contributed by atoms with Crippen LogP contribution in [-0.4, -0.2) is 16.1 Å². The molecule has 0 fully saturated rings. The third kappa shape index (κ3) is 1.98. The number of hydrogen-bond donors (Lipinski definition) is 0. The van der Waals surface area contributed by atoms with Crippen LogP contribution < -0.4 is 0 Å². The molecule has 1 heterocycles. The summed E-state index contributed by atoms with van der Waals surface area (Å²) < 4.78 is 1.61. The number of hydrogen-bond acceptors (Lipinski definition) is 2. The van der Waals surface area contributed by atoms with Crippen LogP contribution in [0.25, 0.3) is 0 Å². The van der Waals surface area contributed by atoms with Crippen molar-refractivity contribution in [1.82, 2.24) is 9.78 Å². The van der Waals surface area contributed by atoms with E-state index in [-0.39, 0.29) is 5.41 Å². The second-order valence-corrected chi connectivity index (χ2v) is 4.72. The Labute approximate surface area is 89.1 Å². The zero-order valence-electron chi connectivity index (χ0n) is 8.97. The van der Waals surface area contributed by atoms with Crippen molar-refractivity contribution in [3.05, 3.63) is 16.4 Å². The monoisotopic (exact) mass is 214 g/mol. The van der Waals surface area contributed by atoms with Crippen molar-refractivity contribution < 1.29 is 4.79 Å². The highest BCUT2D eigenvalue weighted by molar-refractivity contribution is 6.30. The van der Waals surface area contributed by atoms with Gasteiger partial charge in [0.2, 0.25) is 0 Å². The molecule has 0 spiro atoms. The van der Waals surface area contributed by atoms with Crippen LogP contribution in [0.5, 0.6) is 0 Å². The van der Waals surface area contributed by atoms with Gasteiger partial charge in [0.25, 0.3) is 0 Å². The van der Waals surface area contributed by atoms with Gasteiger partial charge in [-0.1, -0.05) is 32.4 Å². The lowest BCUT2D eigenvalue weighted by atomic mass is 9.89. The summed E-state index contributed by atoms with van der Waals surface area (Å²) in [5.74, 6) is 0. The van der Waals surface area contributed by atoms with Gasteiger partial charge in [-0.3, -0.25) is 4.68 Å². The minimum absolute atomic E-state index is 0.0801. The van der Waals surface area contributed by atoms with Crippen molar-refractivity contribution in [3.63, 3.8) is 0 Å². The molecule has 0 aliphatic carbocycles. The van der Waals surface area contributed by atoms with Gasteiger partial charge in [0.1, 0.15) is 11.4 Å². The molecule has 1 aromatic rings. The van der Waals surface area contributed by atoms with Crippen LogP contribution >= 0.6 is 11.6 Å². The molecular weight excluding hydrogens is 200 g/mol. The summed E-state index contributed by atoms with van der Waals surface area (Å²) in [6.45, 7) is 6.17. The third-order valence-corrected chi connectivity index (χ3v) is 2.54. The first-order chi connectivity index (χ1) is 6.38. The van der Waals surface area contributed by atoms with Crippen molar-refractivity contribution in [2.75, 3.05) is 0 Å². The van der Waals surface area contributed by atoms with E-state index in [4.69, 9.17) is 11.6 Å². The fourth-order valence-electron chi connectivity index (χ4n) is 1.41. The second kappa shape index (κ2) is 3.73. The molecule has 14 heavy (non-hydrogen) atoms. The van der Waals surface area contributed by atoms with Crippen molar-refractivity contribution in [3.8, 4) is 0 Å². The average Bonchev–Trinajstić information content (AvgIpc) is 2.32. The molecular formula is C10H15ClN2O. The van der Waals surface area contributed by atoms with Gasteiger partial charge >= 0.3 is 0 Å². The minimum atomic E-state index is -0.0801. The molecule has 0 saturated carbocycles. The largest absolute Gasteiger partial charge is 0.303 e. The maximum absolute atomic E-state index is 10.5. The molecule has 0 atom stereocenters. The van der Waals surface area contributed by atoms with E-state index < -0.39 is 0 Å². The van der Waals surface area contributed by atoms with E-state index >= 15 is 0 Å². The molecule has 1 rings (SSSR count). The Morgan fingerprint density at radius 3 is 2.50 bits per heavy atom. The van der Waals surface area contributed by atoms with E-state index in [9.17, 15) is 4.79 Å². The van der Waals surface area contributed by atoms with Gasteiger partial charge in [-0.15, -0.1) is 0 Å². The number of halogens is 1. The van der Waals surface area contributed by atoms with Crippen LogP contribution in [0.4, 0.5) is 0 Å². The molecule has 0 aliphatic rings. The van der Waals surface area contributed by atoms with Gasteiger partial charge in [-0.25, -0.2) is 0 Å². The van der Waals surface area contributed by atoms with E-state index in [2.05, 4.69) is 25.9 Å². The smallest absolute Gasteiger partial charge is 0.130 e. The molecule has 0 radical (unpaired) electrons. The first-order valence-electron chi connectivity index (χ1n) is 4.53. The standard InChI is InChI=1S/C10H15ClN2O/c1-10(2,3)8-7(5-6-14)9(11)13(4)12-8/h6H,5H2,1-4H3. The summed E-state index contributed by atoms with van der Waals surface area (Å²) in [7, 11) is 1.78. The second-order valence-electron chi connectivity index (χ2n) is 4.36. The molecule has 0 unspecified atom stereocenters. The quantitative estimate of drug-likeness (QED) is 0.707. The Bertz CT molecular complexity index is 350. The Balaban J connectivity index is 3.29. The van der Waals surface area contributed by atoms with E-state index in [0.717, 1.165) is 17.5 Å². The maximum atomic E-state index is 10.5. The number of aldehydes is 1. The molecule has 0 bridgehead atoms. The predicted molar refractivity (Wildman–Crippen MR) is 56.7 cm³/mol. The van der Waals surface area contributed by atoms with Crippen molar-refractivity contribution in [2.24, 2.45) is 7.05 Å². The zero-order valence-corrected chi connectivity index (χ0v) is 9.72. The highest BCUT2D eigenvalue weighted by Gasteiger charge is 2.24. The highest BCUT2D eigenvalue weighted by Crippen LogP contribution is 2.29. The molecule has 78 valence electrons. The van der Waals surface area contributed by atoms with Crippen LogP contribution in [0.2, 0.25) is 5.15 Å². The predicted octanol–water partition coefficient (Wildman–Crippen LogP) is 2.11. The van der Waals surface area contributed by atoms with E-state index in [0.29, 0.717) is 11.6 Å². The molecule has 4 heteroatoms. The van der Waals surface area contributed by atoms with E-state index in [1.54, 1.807) is 11.7 Å². The summed E-state index contributed by atoms with van der Waals surface area (Å²) in [5.41, 5.74) is 1.66. The lowest BCUT2D eigenvalue weighted by Gasteiger charge is -2.16. The van der Waals surface area contributed by atoms with Gasteiger partial charge in [-0.05, 0) is 0 Å². The van der Waals surface area contributed by atoms with Crippen molar-refractivity contribution >= 4 is 17.9 Å². The van der Waals surface area contributed by atoms with Gasteiger partial charge in [0.15, 0.2) is 0 Å². The lowest BCUT2D eigenvalue weighted by molar-refractivity contribution is -0.107. The molecule has 0 saturated heterocycles. The van der Waals surface area contributed by atoms with Gasteiger partial charge in [-0.2, -0.15) is 5.10 Å². The van der Waals surface area contributed by atoms with Crippen molar-refractivity contribution in [2.45, 2.75) is 32.6 Å². The van der Waals surface area contributed by atoms with Gasteiger partial charge in [0.05, 0.1) is 5.69 Å². The number of nitrogens with zero attached hydrogens (tertiary/aromatic N) is 2. The number of aromatic nitrogens is 2. The summed E-state index contributed by atoms with van der Waals surface area (Å²) >= 11 is 6.04. The number of rotatable bonds is 2. The van der Waals surface area contributed by atoms with E-state index in [1.807, 2.05) is 0 Å². The van der Waals surface area contributed by atoms with Crippen LogP contribution in [0.15, 0.2) is 0 Å². The normalized spacial score (nSPS) is 11.8. The first-order valence-corrected chi connectivity index (χ1v) is 4.91. The molecule has 3 nitrogen and oxygen atoms in total. The summed E-state index contributed by atoms with van der Waals surface area (Å²) in [4.78, 5) is 10.5. The average molecular weight is 215 g/mol. The van der Waals surface area contributed by atoms with Crippen LogP contribution in [-0.2, 0) is 23.7 Å². The molecule has 0 aliphatic heterocycles. The summed E-state index contributed by atoms with van der Waals surface area (Å²) in [6, 6.07) is 0. The lowest BCUT2D eigenvalue weighted by Crippen LogP contribution is -2.15. The van der Waals surface area contributed by atoms with Crippen molar-refractivity contribution in [1.29, 1.82) is 0 Å². The van der Waals surface area contributed by atoms with Crippen LogP contribution in [0.1, 0.15) is 32.0 Å². The molecule has 0 N–H and O–H groups in total. The van der Waals surface area contributed by atoms with Crippen LogP contribution in [0, 0.1) is 0 Å². The van der Waals surface area contributed by atoms with Gasteiger partial charge in [0, 0.05) is 24.4 Å². The van der Waals surface area contributed by atoms with Crippen LogP contribution in [0.3, 0.4) is 0 Å². The fourth-order valence-corrected chi connectivity index (χ4v) is 1.62. The Morgan fingerprint density at radius 2 is 2.07 bits per heavy atom. The highest BCUT2D eigenvalue weighted by atomic mass is 35.5. The van der Waals surface area contributed by atoms with E-state index in [1.165, 1.54) is 0 Å². The summed E-state index contributed by atoms with van der Waals surface area (Å²) in [6.07, 6.45) is 1.19. The SMILES string of the molecule is Cn1nc(C(C)(C)C)c(CC=O)c1Cl. The minimum Gasteiger partial charge on any atom is -0.303 e. The Morgan fingerprint density at radius 1 is 1.50 bits per heavy atom. The topological polar surface area (TPSA) is 34.9 Å². The maximum Gasteiger partial charge on any atom is 0.130 e. The summed E-state index contributed by atoms with van der Waals surface area (Å²) in [5, 5.41) is 4.88. The molecule has 1 aromatic heterocycles. The zero-order chi connectivity index (χ0) is 10.9. The number of carbonyl (C=O) groups is 1. The third-order valence-electron chi connectivity index (χ3n) is 2.07. The Kier molecular flexibility index (Phi) is 3.00. The fraction of sp³-hybridized carbons (Fsp3) is 0.600. The molecule has 0 amide bonds. The molecule has 0 aromatic carbocycles. The first kappa shape index (κ1) is 11.2. The Hall–Kier alpha value is -0.830. The number of carbonyl (C=O) groups excluding carboxylic acids is 1. The van der Waals surface area contributed by atoms with Gasteiger partial charge < -0.3 is 4.79 Å². The number of aryl methyl sites for hydroxylation is 1.